The summed E-state index contributed by atoms with van der Waals surface area (Å²) in [5.74, 6) is -3.63. The SMILES string of the molecule is CC(=O)OC[C@H]1O[C@H](O[C@H]2O[C@@H]3O[C@@]4(C)CC[C@H]5[C@H](C)CC[C@@H]([C@H]2C)C35OO4)[C@H](OC(C)=O)[C@@H](OC(C)=O)[C@@H]1OC(C)=O. The van der Waals surface area contributed by atoms with Crippen molar-refractivity contribution in [2.45, 2.75) is 129 Å². The lowest BCUT2D eigenvalue weighted by Crippen LogP contribution is -2.71. The van der Waals surface area contributed by atoms with Gasteiger partial charge in [-0.05, 0) is 38.0 Å². The van der Waals surface area contributed by atoms with Crippen molar-refractivity contribution in [2.75, 3.05) is 6.61 Å². The Morgan fingerprint density at radius 1 is 0.744 bits per heavy atom. The number of carbonyl (C=O) groups excluding carboxylic acids is 4. The predicted octanol–water partition coefficient (Wildman–Crippen LogP) is 2.29. The number of esters is 4. The number of carbonyl (C=O) groups is 4. The van der Waals surface area contributed by atoms with Gasteiger partial charge in [0.05, 0.1) is 0 Å². The molecule has 0 aromatic rings. The third-order valence-corrected chi connectivity index (χ3v) is 9.31. The molecule has 1 aliphatic carbocycles. The molecule has 0 amide bonds. The molecule has 6 aliphatic rings. The van der Waals surface area contributed by atoms with E-state index in [4.69, 9.17) is 47.7 Å². The van der Waals surface area contributed by atoms with Crippen LogP contribution in [0, 0.1) is 23.7 Å². The Hall–Kier alpha value is -2.36. The molecule has 242 valence electrons. The smallest absolute Gasteiger partial charge is 0.303 e. The van der Waals surface area contributed by atoms with E-state index in [1.54, 1.807) is 0 Å². The Kier molecular flexibility index (Phi) is 9.09. The van der Waals surface area contributed by atoms with Crippen LogP contribution in [0.5, 0.6) is 0 Å². The largest absolute Gasteiger partial charge is 0.463 e. The highest BCUT2D eigenvalue weighted by Gasteiger charge is 2.70. The normalized spacial score (nSPS) is 45.2. The van der Waals surface area contributed by atoms with Gasteiger partial charge in [-0.25, -0.2) is 9.78 Å². The second-order valence-electron chi connectivity index (χ2n) is 12.5. The van der Waals surface area contributed by atoms with Gasteiger partial charge in [-0.2, -0.15) is 0 Å². The molecule has 6 fully saturated rings. The standard InChI is InChI=1S/C29H42O14/c1-13-8-9-20-14(2)25(40-27-29(20)19(13)10-11-28(7,41-27)42-43-29)39-26-24(37-18(6)33)23(36-17(5)32)22(35-16(4)31)21(38-26)12-34-15(3)30/h13-14,19-27H,8-12H2,1-7H3/t13-,14-,19+,20+,21-,22-,23+,24-,25+,26-,27-,28-,29?/m1/s1. The molecule has 6 rings (SSSR count). The van der Waals surface area contributed by atoms with Crippen LogP contribution < -0.4 is 0 Å². The number of rotatable bonds is 7. The molecule has 1 unspecified atom stereocenters. The number of ether oxygens (including phenoxy) is 8. The molecule has 14 nitrogen and oxygen atoms in total. The lowest BCUT2D eigenvalue weighted by molar-refractivity contribution is -0.579. The minimum Gasteiger partial charge on any atom is -0.463 e. The first kappa shape index (κ1) is 32.0. The zero-order chi connectivity index (χ0) is 31.3. The average Bonchev–Trinajstić information content (AvgIpc) is 3.14. The van der Waals surface area contributed by atoms with Crippen molar-refractivity contribution < 1.29 is 66.8 Å². The molecule has 13 atom stereocenters. The lowest BCUT2D eigenvalue weighted by Gasteiger charge is -2.60. The van der Waals surface area contributed by atoms with Crippen molar-refractivity contribution in [3.05, 3.63) is 0 Å². The van der Waals surface area contributed by atoms with E-state index in [2.05, 4.69) is 6.92 Å². The van der Waals surface area contributed by atoms with Crippen LogP contribution in [0.2, 0.25) is 0 Å². The number of fused-ring (bicyclic) bond motifs is 2. The molecular formula is C29H42O14. The summed E-state index contributed by atoms with van der Waals surface area (Å²) in [5, 5.41) is 0. The molecule has 0 N–H and O–H groups in total. The molecular weight excluding hydrogens is 572 g/mol. The second-order valence-corrected chi connectivity index (χ2v) is 12.5. The number of hydrogen-bond donors (Lipinski definition) is 0. The molecule has 5 saturated heterocycles. The van der Waals surface area contributed by atoms with Crippen LogP contribution in [0.15, 0.2) is 0 Å². The fourth-order valence-corrected chi connectivity index (χ4v) is 7.46. The first-order valence-electron chi connectivity index (χ1n) is 14.9. The van der Waals surface area contributed by atoms with Crippen LogP contribution in [0.3, 0.4) is 0 Å². The Morgan fingerprint density at radius 2 is 1.40 bits per heavy atom. The van der Waals surface area contributed by atoms with E-state index >= 15 is 0 Å². The summed E-state index contributed by atoms with van der Waals surface area (Å²) in [6, 6.07) is 0. The Balaban J connectivity index is 1.47. The number of hydrogen-bond acceptors (Lipinski definition) is 14. The summed E-state index contributed by atoms with van der Waals surface area (Å²) in [6.45, 7) is 10.3. The van der Waals surface area contributed by atoms with E-state index in [1.165, 1.54) is 13.8 Å². The summed E-state index contributed by atoms with van der Waals surface area (Å²) in [7, 11) is 0. The van der Waals surface area contributed by atoms with Crippen molar-refractivity contribution in [3.63, 3.8) is 0 Å². The predicted molar refractivity (Wildman–Crippen MR) is 140 cm³/mol. The van der Waals surface area contributed by atoms with Crippen molar-refractivity contribution in [1.82, 2.24) is 0 Å². The van der Waals surface area contributed by atoms with E-state index < -0.39 is 78.6 Å². The molecule has 43 heavy (non-hydrogen) atoms. The first-order valence-corrected chi connectivity index (χ1v) is 14.9. The van der Waals surface area contributed by atoms with Crippen molar-refractivity contribution in [3.8, 4) is 0 Å². The fraction of sp³-hybridized carbons (Fsp3) is 0.862. The van der Waals surface area contributed by atoms with Crippen LogP contribution in [-0.4, -0.2) is 85.2 Å². The molecule has 1 saturated carbocycles. The monoisotopic (exact) mass is 614 g/mol. The minimum atomic E-state index is -1.38. The topological polar surface area (TPSA) is 161 Å². The quantitative estimate of drug-likeness (QED) is 0.233. The summed E-state index contributed by atoms with van der Waals surface area (Å²) in [4.78, 5) is 60.2. The van der Waals surface area contributed by atoms with E-state index in [0.29, 0.717) is 12.3 Å². The zero-order valence-electron chi connectivity index (χ0n) is 25.6. The van der Waals surface area contributed by atoms with Crippen LogP contribution in [0.4, 0.5) is 0 Å². The van der Waals surface area contributed by atoms with E-state index in [-0.39, 0.29) is 24.4 Å². The molecule has 5 aliphatic heterocycles. The molecule has 0 aromatic carbocycles. The maximum Gasteiger partial charge on any atom is 0.303 e. The highest BCUT2D eigenvalue weighted by Crippen LogP contribution is 2.60. The second kappa shape index (κ2) is 12.2. The van der Waals surface area contributed by atoms with Gasteiger partial charge < -0.3 is 37.9 Å². The maximum atomic E-state index is 12.3. The highest BCUT2D eigenvalue weighted by molar-refractivity contribution is 5.68. The third-order valence-electron chi connectivity index (χ3n) is 9.31. The lowest BCUT2D eigenvalue weighted by atomic mass is 9.58. The van der Waals surface area contributed by atoms with Gasteiger partial charge in [0.15, 0.2) is 36.5 Å². The summed E-state index contributed by atoms with van der Waals surface area (Å²) >= 11 is 0. The van der Waals surface area contributed by atoms with Crippen LogP contribution in [0.25, 0.3) is 0 Å². The maximum absolute atomic E-state index is 12.3. The summed E-state index contributed by atoms with van der Waals surface area (Å²) < 4.78 is 47.2. The molecule has 5 heterocycles. The van der Waals surface area contributed by atoms with Crippen molar-refractivity contribution >= 4 is 23.9 Å². The minimum absolute atomic E-state index is 0.0780. The molecule has 14 heteroatoms. The zero-order valence-corrected chi connectivity index (χ0v) is 25.6. The van der Waals surface area contributed by atoms with Crippen molar-refractivity contribution in [1.29, 1.82) is 0 Å². The Morgan fingerprint density at radius 3 is 2.05 bits per heavy atom. The van der Waals surface area contributed by atoms with Gasteiger partial charge in [-0.15, -0.1) is 0 Å². The highest BCUT2D eigenvalue weighted by atomic mass is 17.3. The van der Waals surface area contributed by atoms with E-state index in [1.807, 2.05) is 13.8 Å². The third kappa shape index (κ3) is 6.14. The molecule has 2 bridgehead atoms. The van der Waals surface area contributed by atoms with Crippen LogP contribution in [0.1, 0.15) is 74.1 Å². The first-order chi connectivity index (χ1) is 20.2. The average molecular weight is 615 g/mol. The van der Waals surface area contributed by atoms with Gasteiger partial charge in [0.2, 0.25) is 12.1 Å². The Labute approximate surface area is 250 Å². The van der Waals surface area contributed by atoms with Crippen molar-refractivity contribution in [2.24, 2.45) is 23.7 Å². The Bertz CT molecular complexity index is 1100. The van der Waals surface area contributed by atoms with Gasteiger partial charge in [0.1, 0.15) is 12.7 Å². The molecule has 1 spiro atoms. The van der Waals surface area contributed by atoms with Gasteiger partial charge in [0.25, 0.3) is 0 Å². The van der Waals surface area contributed by atoms with Crippen LogP contribution in [-0.2, 0) is 66.8 Å². The molecule has 0 radical (unpaired) electrons. The summed E-state index contributed by atoms with van der Waals surface area (Å²) in [6.07, 6.45) is -5.02. The van der Waals surface area contributed by atoms with E-state index in [0.717, 1.165) is 33.1 Å². The molecule has 0 aromatic heterocycles. The van der Waals surface area contributed by atoms with Gasteiger partial charge >= 0.3 is 23.9 Å². The van der Waals surface area contributed by atoms with Crippen LogP contribution >= 0.6 is 0 Å². The van der Waals surface area contributed by atoms with E-state index in [9.17, 15) is 19.2 Å². The van der Waals surface area contributed by atoms with Gasteiger partial charge in [0, 0.05) is 46.0 Å². The van der Waals surface area contributed by atoms with Gasteiger partial charge in [-0.1, -0.05) is 13.8 Å². The fourth-order valence-electron chi connectivity index (χ4n) is 7.46. The summed E-state index contributed by atoms with van der Waals surface area (Å²) in [5.41, 5.74) is -0.839. The van der Waals surface area contributed by atoms with Gasteiger partial charge in [-0.3, -0.25) is 19.2 Å².